The van der Waals surface area contributed by atoms with E-state index >= 15 is 0 Å². The fraction of sp³-hybridized carbons (Fsp3) is 0.923. The molecule has 0 bridgehead atoms. The van der Waals surface area contributed by atoms with Crippen LogP contribution in [-0.4, -0.2) is 42.8 Å². The summed E-state index contributed by atoms with van der Waals surface area (Å²) in [4.78, 5) is 14.1. The van der Waals surface area contributed by atoms with Gasteiger partial charge in [-0.3, -0.25) is 10.1 Å². The smallest absolute Gasteiger partial charge is 0.240 e. The Hall–Kier alpha value is -0.610. The maximum absolute atomic E-state index is 12.1. The van der Waals surface area contributed by atoms with E-state index in [1.165, 1.54) is 0 Å². The molecule has 2 rings (SSSR count). The van der Waals surface area contributed by atoms with Gasteiger partial charge in [0, 0.05) is 19.1 Å². The highest BCUT2D eigenvalue weighted by molar-refractivity contribution is 5.83. The van der Waals surface area contributed by atoms with E-state index in [1.807, 2.05) is 4.90 Å². The molecule has 0 aliphatic carbocycles. The SMILES string of the molecule is CCCCC1NCN(CC2CCOC2C)C1=O. The van der Waals surface area contributed by atoms with Gasteiger partial charge in [-0.2, -0.15) is 0 Å². The molecule has 2 aliphatic heterocycles. The van der Waals surface area contributed by atoms with Gasteiger partial charge in [-0.05, 0) is 19.8 Å². The molecule has 2 fully saturated rings. The Kier molecular flexibility index (Phi) is 4.40. The maximum Gasteiger partial charge on any atom is 0.240 e. The number of unbranched alkanes of at least 4 members (excludes halogenated alkanes) is 1. The van der Waals surface area contributed by atoms with Crippen molar-refractivity contribution in [2.45, 2.75) is 51.7 Å². The zero-order chi connectivity index (χ0) is 12.3. The molecule has 4 heteroatoms. The number of amides is 1. The fourth-order valence-corrected chi connectivity index (χ4v) is 2.69. The lowest BCUT2D eigenvalue weighted by atomic mass is 10.0. The van der Waals surface area contributed by atoms with Crippen molar-refractivity contribution in [2.24, 2.45) is 5.92 Å². The standard InChI is InChI=1S/C13H24N2O2/c1-3-4-5-12-13(16)15(9-14-12)8-11-6-7-17-10(11)2/h10-12,14H,3-9H2,1-2H3. The van der Waals surface area contributed by atoms with Gasteiger partial charge in [0.2, 0.25) is 5.91 Å². The lowest BCUT2D eigenvalue weighted by Gasteiger charge is -2.21. The van der Waals surface area contributed by atoms with Crippen LogP contribution in [0.4, 0.5) is 0 Å². The van der Waals surface area contributed by atoms with E-state index in [0.717, 1.165) is 45.5 Å². The molecule has 4 nitrogen and oxygen atoms in total. The Bertz CT molecular complexity index is 270. The third kappa shape index (κ3) is 2.99. The van der Waals surface area contributed by atoms with Gasteiger partial charge in [0.15, 0.2) is 0 Å². The van der Waals surface area contributed by atoms with Crippen molar-refractivity contribution in [1.29, 1.82) is 0 Å². The average Bonchev–Trinajstić information content (AvgIpc) is 2.86. The van der Waals surface area contributed by atoms with Crippen LogP contribution >= 0.6 is 0 Å². The molecule has 0 spiro atoms. The van der Waals surface area contributed by atoms with E-state index < -0.39 is 0 Å². The summed E-state index contributed by atoms with van der Waals surface area (Å²) in [6.45, 7) is 6.70. The first kappa shape index (κ1) is 12.8. The molecule has 0 aromatic carbocycles. The molecule has 3 atom stereocenters. The topological polar surface area (TPSA) is 41.6 Å². The lowest BCUT2D eigenvalue weighted by molar-refractivity contribution is -0.129. The number of hydrogen-bond acceptors (Lipinski definition) is 3. The van der Waals surface area contributed by atoms with Crippen molar-refractivity contribution < 1.29 is 9.53 Å². The van der Waals surface area contributed by atoms with E-state index in [4.69, 9.17) is 4.74 Å². The van der Waals surface area contributed by atoms with E-state index in [9.17, 15) is 4.79 Å². The van der Waals surface area contributed by atoms with Gasteiger partial charge in [-0.25, -0.2) is 0 Å². The molecule has 1 N–H and O–H groups in total. The molecular formula is C13H24N2O2. The van der Waals surface area contributed by atoms with Crippen molar-refractivity contribution in [2.75, 3.05) is 19.8 Å². The minimum atomic E-state index is 0.0626. The largest absolute Gasteiger partial charge is 0.378 e. The van der Waals surface area contributed by atoms with Crippen molar-refractivity contribution in [3.63, 3.8) is 0 Å². The summed E-state index contributed by atoms with van der Waals surface area (Å²) in [6, 6.07) is 0.0626. The number of nitrogens with one attached hydrogen (secondary N) is 1. The molecule has 1 amide bonds. The van der Waals surface area contributed by atoms with Crippen LogP contribution in [0.5, 0.6) is 0 Å². The van der Waals surface area contributed by atoms with Crippen LogP contribution in [0.15, 0.2) is 0 Å². The highest BCUT2D eigenvalue weighted by Crippen LogP contribution is 2.23. The molecule has 0 aromatic rings. The Morgan fingerprint density at radius 1 is 1.53 bits per heavy atom. The van der Waals surface area contributed by atoms with Gasteiger partial charge in [-0.15, -0.1) is 0 Å². The van der Waals surface area contributed by atoms with E-state index in [0.29, 0.717) is 12.0 Å². The minimum absolute atomic E-state index is 0.0626. The summed E-state index contributed by atoms with van der Waals surface area (Å²) in [7, 11) is 0. The first-order valence-corrected chi connectivity index (χ1v) is 6.86. The number of hydrogen-bond donors (Lipinski definition) is 1. The number of rotatable bonds is 5. The maximum atomic E-state index is 12.1. The van der Waals surface area contributed by atoms with Crippen LogP contribution in [0.2, 0.25) is 0 Å². The Balaban J connectivity index is 1.80. The molecule has 2 aliphatic rings. The number of nitrogens with zero attached hydrogens (tertiary/aromatic N) is 1. The minimum Gasteiger partial charge on any atom is -0.378 e. The van der Waals surface area contributed by atoms with Crippen LogP contribution in [0, 0.1) is 5.92 Å². The summed E-state index contributed by atoms with van der Waals surface area (Å²) in [6.07, 6.45) is 4.64. The number of carbonyl (C=O) groups is 1. The van der Waals surface area contributed by atoms with Crippen LogP contribution in [0.1, 0.15) is 39.5 Å². The fourth-order valence-electron chi connectivity index (χ4n) is 2.69. The summed E-state index contributed by atoms with van der Waals surface area (Å²) in [5.74, 6) is 0.809. The second kappa shape index (κ2) is 5.83. The van der Waals surface area contributed by atoms with E-state index in [2.05, 4.69) is 19.2 Å². The van der Waals surface area contributed by atoms with Crippen LogP contribution in [0.25, 0.3) is 0 Å². The molecule has 2 saturated heterocycles. The predicted molar refractivity (Wildman–Crippen MR) is 66.5 cm³/mol. The second-order valence-corrected chi connectivity index (χ2v) is 5.24. The van der Waals surface area contributed by atoms with Crippen molar-refractivity contribution in [1.82, 2.24) is 10.2 Å². The quantitative estimate of drug-likeness (QED) is 0.789. The summed E-state index contributed by atoms with van der Waals surface area (Å²) in [5, 5.41) is 3.32. The molecule has 98 valence electrons. The Morgan fingerprint density at radius 2 is 2.35 bits per heavy atom. The molecule has 0 radical (unpaired) electrons. The lowest BCUT2D eigenvalue weighted by Crippen LogP contribution is -2.35. The third-order valence-corrected chi connectivity index (χ3v) is 3.97. The Labute approximate surface area is 104 Å². The zero-order valence-electron chi connectivity index (χ0n) is 10.9. The number of ether oxygens (including phenoxy) is 1. The highest BCUT2D eigenvalue weighted by Gasteiger charge is 2.34. The summed E-state index contributed by atoms with van der Waals surface area (Å²) < 4.78 is 5.54. The van der Waals surface area contributed by atoms with Gasteiger partial charge in [-0.1, -0.05) is 19.8 Å². The molecule has 0 saturated carbocycles. The third-order valence-electron chi connectivity index (χ3n) is 3.97. The normalized spacial score (nSPS) is 33.6. The monoisotopic (exact) mass is 240 g/mol. The zero-order valence-corrected chi connectivity index (χ0v) is 10.9. The van der Waals surface area contributed by atoms with Crippen LogP contribution in [0.3, 0.4) is 0 Å². The highest BCUT2D eigenvalue weighted by atomic mass is 16.5. The molecule has 17 heavy (non-hydrogen) atoms. The van der Waals surface area contributed by atoms with Gasteiger partial charge < -0.3 is 9.64 Å². The van der Waals surface area contributed by atoms with Crippen molar-refractivity contribution >= 4 is 5.91 Å². The van der Waals surface area contributed by atoms with Crippen molar-refractivity contribution in [3.05, 3.63) is 0 Å². The first-order valence-electron chi connectivity index (χ1n) is 6.86. The Morgan fingerprint density at radius 3 is 3.00 bits per heavy atom. The molecule has 0 aromatic heterocycles. The average molecular weight is 240 g/mol. The summed E-state index contributed by atoms with van der Waals surface area (Å²) >= 11 is 0. The predicted octanol–water partition coefficient (Wildman–Crippen LogP) is 1.36. The second-order valence-electron chi connectivity index (χ2n) is 5.24. The van der Waals surface area contributed by atoms with Crippen LogP contribution < -0.4 is 5.32 Å². The number of carbonyl (C=O) groups excluding carboxylic acids is 1. The van der Waals surface area contributed by atoms with E-state index in [1.54, 1.807) is 0 Å². The van der Waals surface area contributed by atoms with Gasteiger partial charge >= 0.3 is 0 Å². The molecule has 3 unspecified atom stereocenters. The summed E-state index contributed by atoms with van der Waals surface area (Å²) in [5.41, 5.74) is 0. The first-order chi connectivity index (χ1) is 8.22. The van der Waals surface area contributed by atoms with Gasteiger partial charge in [0.1, 0.15) is 0 Å². The van der Waals surface area contributed by atoms with Gasteiger partial charge in [0.25, 0.3) is 0 Å². The van der Waals surface area contributed by atoms with Crippen LogP contribution in [-0.2, 0) is 9.53 Å². The van der Waals surface area contributed by atoms with Crippen molar-refractivity contribution in [3.8, 4) is 0 Å². The molecule has 2 heterocycles. The van der Waals surface area contributed by atoms with Gasteiger partial charge in [0.05, 0.1) is 18.8 Å². The van der Waals surface area contributed by atoms with E-state index in [-0.39, 0.29) is 11.9 Å². The molecular weight excluding hydrogens is 216 g/mol.